The molecular formula is C12H21N7. The van der Waals surface area contributed by atoms with E-state index in [-0.39, 0.29) is 12.0 Å². The third kappa shape index (κ3) is 3.11. The third-order valence-electron chi connectivity index (χ3n) is 2.99. The zero-order valence-electron chi connectivity index (χ0n) is 11.8. The van der Waals surface area contributed by atoms with Crippen molar-refractivity contribution in [2.45, 2.75) is 19.9 Å². The molecule has 0 aromatic carbocycles. The van der Waals surface area contributed by atoms with Crippen molar-refractivity contribution in [1.82, 2.24) is 24.8 Å². The van der Waals surface area contributed by atoms with Crippen LogP contribution in [0.25, 0.3) is 11.2 Å². The summed E-state index contributed by atoms with van der Waals surface area (Å²) in [5.41, 5.74) is 7.09. The third-order valence-corrected chi connectivity index (χ3v) is 2.99. The van der Waals surface area contributed by atoms with Gasteiger partial charge >= 0.3 is 0 Å². The summed E-state index contributed by atoms with van der Waals surface area (Å²) >= 11 is 0. The fourth-order valence-electron chi connectivity index (χ4n) is 1.95. The minimum Gasteiger partial charge on any atom is -0.368 e. The molecule has 1 unspecified atom stereocenters. The molecule has 0 saturated carbocycles. The quantitative estimate of drug-likeness (QED) is 0.743. The maximum atomic E-state index is 5.71. The molecule has 2 aromatic heterocycles. The zero-order valence-corrected chi connectivity index (χ0v) is 11.8. The number of rotatable bonds is 5. The molecule has 0 aliphatic rings. The van der Waals surface area contributed by atoms with Gasteiger partial charge in [0.25, 0.3) is 0 Å². The zero-order chi connectivity index (χ0) is 14.0. The average Bonchev–Trinajstić information content (AvgIpc) is 2.75. The molecule has 104 valence electrons. The Balaban J connectivity index is 2.30. The smallest absolute Gasteiger partial charge is 0.224 e. The fourth-order valence-corrected chi connectivity index (χ4v) is 1.95. The highest BCUT2D eigenvalue weighted by Crippen LogP contribution is 2.20. The highest BCUT2D eigenvalue weighted by molar-refractivity contribution is 5.83. The van der Waals surface area contributed by atoms with Crippen molar-refractivity contribution in [2.24, 2.45) is 5.92 Å². The Labute approximate surface area is 112 Å². The van der Waals surface area contributed by atoms with Crippen LogP contribution in [0.4, 0.5) is 11.8 Å². The molecule has 7 nitrogen and oxygen atoms in total. The predicted octanol–water partition coefficient (Wildman–Crippen LogP) is 0.933. The summed E-state index contributed by atoms with van der Waals surface area (Å²) in [5.74, 6) is 1.41. The monoisotopic (exact) mass is 263 g/mol. The summed E-state index contributed by atoms with van der Waals surface area (Å²) in [6.07, 6.45) is 1.60. The second kappa shape index (κ2) is 5.40. The first-order valence-electron chi connectivity index (χ1n) is 6.35. The number of nitrogens with one attached hydrogen (secondary N) is 2. The number of hydrogen-bond acceptors (Lipinski definition) is 6. The lowest BCUT2D eigenvalue weighted by Crippen LogP contribution is -2.36. The Hall–Kier alpha value is -1.89. The van der Waals surface area contributed by atoms with Gasteiger partial charge in [-0.15, -0.1) is 0 Å². The number of H-pyrrole nitrogens is 1. The molecule has 2 rings (SSSR count). The summed E-state index contributed by atoms with van der Waals surface area (Å²) in [7, 11) is 4.11. The largest absolute Gasteiger partial charge is 0.368 e. The lowest BCUT2D eigenvalue weighted by molar-refractivity contribution is 0.344. The molecule has 0 spiro atoms. The van der Waals surface area contributed by atoms with Crippen LogP contribution in [0.5, 0.6) is 0 Å². The van der Waals surface area contributed by atoms with Gasteiger partial charge in [-0.3, -0.25) is 0 Å². The number of likely N-dealkylation sites (N-methyl/N-ethyl adjacent to an activating group) is 1. The number of nitrogens with zero attached hydrogens (tertiary/aromatic N) is 4. The highest BCUT2D eigenvalue weighted by atomic mass is 15.2. The molecular weight excluding hydrogens is 242 g/mol. The molecule has 19 heavy (non-hydrogen) atoms. The number of fused-ring (bicyclic) bond motifs is 1. The van der Waals surface area contributed by atoms with Gasteiger partial charge in [-0.05, 0) is 20.0 Å². The van der Waals surface area contributed by atoms with Crippen LogP contribution in [-0.4, -0.2) is 51.5 Å². The number of anilines is 2. The van der Waals surface area contributed by atoms with Crippen molar-refractivity contribution < 1.29 is 0 Å². The van der Waals surface area contributed by atoms with E-state index < -0.39 is 0 Å². The second-order valence-electron chi connectivity index (χ2n) is 5.29. The minimum atomic E-state index is 0.231. The van der Waals surface area contributed by atoms with Gasteiger partial charge in [0.15, 0.2) is 11.5 Å². The van der Waals surface area contributed by atoms with Gasteiger partial charge in [0, 0.05) is 12.6 Å². The van der Waals surface area contributed by atoms with E-state index in [4.69, 9.17) is 5.73 Å². The molecule has 7 heteroatoms. The van der Waals surface area contributed by atoms with Gasteiger partial charge in [-0.1, -0.05) is 13.8 Å². The molecule has 0 fully saturated rings. The number of imidazole rings is 1. The van der Waals surface area contributed by atoms with E-state index >= 15 is 0 Å². The lowest BCUT2D eigenvalue weighted by atomic mass is 10.0. The topological polar surface area (TPSA) is 95.8 Å². The number of aromatic nitrogens is 4. The molecule has 4 N–H and O–H groups in total. The molecule has 0 saturated heterocycles. The van der Waals surface area contributed by atoms with E-state index in [1.807, 2.05) is 0 Å². The van der Waals surface area contributed by atoms with Crippen LogP contribution in [0, 0.1) is 5.92 Å². The standard InChI is InChI=1S/C12H21N7/c1-7(2)8(5-19(3)4)16-11-9-10(15-6-14-9)17-12(13)18-11/h6-8H,5H2,1-4H3,(H4,13,14,15,16,17,18). The van der Waals surface area contributed by atoms with E-state index in [1.165, 1.54) is 0 Å². The van der Waals surface area contributed by atoms with Crippen LogP contribution in [0.1, 0.15) is 13.8 Å². The molecule has 0 amide bonds. The van der Waals surface area contributed by atoms with Crippen molar-refractivity contribution in [3.05, 3.63) is 6.33 Å². The maximum Gasteiger partial charge on any atom is 0.224 e. The Morgan fingerprint density at radius 2 is 2.11 bits per heavy atom. The van der Waals surface area contributed by atoms with Gasteiger partial charge < -0.3 is 20.9 Å². The highest BCUT2D eigenvalue weighted by Gasteiger charge is 2.17. The first-order chi connectivity index (χ1) is 8.97. The van der Waals surface area contributed by atoms with Crippen LogP contribution in [-0.2, 0) is 0 Å². The number of aromatic amines is 1. The Kier molecular flexibility index (Phi) is 3.84. The van der Waals surface area contributed by atoms with Gasteiger partial charge in [0.2, 0.25) is 5.95 Å². The van der Waals surface area contributed by atoms with Gasteiger partial charge in [-0.2, -0.15) is 9.97 Å². The molecule has 1 atom stereocenters. The van der Waals surface area contributed by atoms with Crippen molar-refractivity contribution in [2.75, 3.05) is 31.7 Å². The summed E-state index contributed by atoms with van der Waals surface area (Å²) in [6, 6.07) is 0.274. The summed E-state index contributed by atoms with van der Waals surface area (Å²) in [5, 5.41) is 3.44. The average molecular weight is 263 g/mol. The molecule has 0 aliphatic carbocycles. The van der Waals surface area contributed by atoms with Crippen molar-refractivity contribution >= 4 is 22.9 Å². The summed E-state index contributed by atoms with van der Waals surface area (Å²) < 4.78 is 0. The number of hydrogen-bond donors (Lipinski definition) is 3. The second-order valence-corrected chi connectivity index (χ2v) is 5.29. The van der Waals surface area contributed by atoms with Crippen LogP contribution in [0.3, 0.4) is 0 Å². The Morgan fingerprint density at radius 3 is 2.74 bits per heavy atom. The van der Waals surface area contributed by atoms with Gasteiger partial charge in [0.05, 0.1) is 6.33 Å². The Bertz CT molecular complexity index is 546. The molecule has 0 aliphatic heterocycles. The van der Waals surface area contributed by atoms with Gasteiger partial charge in [0.1, 0.15) is 5.52 Å². The number of nitrogens with two attached hydrogens (primary N) is 1. The first kappa shape index (κ1) is 13.5. The van der Waals surface area contributed by atoms with E-state index in [2.05, 4.69) is 58.1 Å². The maximum absolute atomic E-state index is 5.71. The summed E-state index contributed by atoms with van der Waals surface area (Å²) in [6.45, 7) is 5.27. The molecule has 0 radical (unpaired) electrons. The van der Waals surface area contributed by atoms with Gasteiger partial charge in [-0.25, -0.2) is 4.98 Å². The predicted molar refractivity (Wildman–Crippen MR) is 76.9 cm³/mol. The van der Waals surface area contributed by atoms with Crippen LogP contribution in [0.15, 0.2) is 6.33 Å². The number of nitrogen functional groups attached to an aromatic ring is 1. The Morgan fingerprint density at radius 1 is 1.37 bits per heavy atom. The van der Waals surface area contributed by atoms with E-state index in [0.717, 1.165) is 12.1 Å². The molecule has 2 aromatic rings. The van der Waals surface area contributed by atoms with Crippen molar-refractivity contribution in [1.29, 1.82) is 0 Å². The normalized spacial score (nSPS) is 13.4. The van der Waals surface area contributed by atoms with Crippen LogP contribution < -0.4 is 11.1 Å². The lowest BCUT2D eigenvalue weighted by Gasteiger charge is -2.26. The van der Waals surface area contributed by atoms with Crippen molar-refractivity contribution in [3.8, 4) is 0 Å². The molecule has 2 heterocycles. The minimum absolute atomic E-state index is 0.231. The summed E-state index contributed by atoms with van der Waals surface area (Å²) in [4.78, 5) is 17.7. The van der Waals surface area contributed by atoms with Crippen molar-refractivity contribution in [3.63, 3.8) is 0 Å². The SMILES string of the molecule is CC(C)C(CN(C)C)Nc1nc(N)nc2nc[nH]c12. The van der Waals surface area contributed by atoms with E-state index in [1.54, 1.807) is 6.33 Å². The van der Waals surface area contributed by atoms with E-state index in [9.17, 15) is 0 Å². The van der Waals surface area contributed by atoms with Crippen LogP contribution >= 0.6 is 0 Å². The van der Waals surface area contributed by atoms with Crippen LogP contribution in [0.2, 0.25) is 0 Å². The van der Waals surface area contributed by atoms with E-state index in [0.29, 0.717) is 17.4 Å². The fraction of sp³-hybridized carbons (Fsp3) is 0.583. The molecule has 0 bridgehead atoms. The first-order valence-corrected chi connectivity index (χ1v) is 6.35.